The number of nitrogens with one attached hydrogen (secondary N) is 2. The molecule has 130 valence electrons. The molecule has 2 rings (SSSR count). The van der Waals surface area contributed by atoms with Gasteiger partial charge in [-0.1, -0.05) is 23.7 Å². The maximum Gasteiger partial charge on any atom is 0.220 e. The molecule has 1 fully saturated rings. The van der Waals surface area contributed by atoms with Gasteiger partial charge in [0.25, 0.3) is 0 Å². The lowest BCUT2D eigenvalue weighted by Crippen LogP contribution is -2.37. The summed E-state index contributed by atoms with van der Waals surface area (Å²) in [6, 6.07) is 7.46. The molecule has 0 saturated carbocycles. The highest BCUT2D eigenvalue weighted by Crippen LogP contribution is 2.23. The van der Waals surface area contributed by atoms with Gasteiger partial charge in [-0.3, -0.25) is 4.79 Å². The van der Waals surface area contributed by atoms with Crippen molar-refractivity contribution in [1.29, 1.82) is 0 Å². The maximum absolute atomic E-state index is 12.1. The van der Waals surface area contributed by atoms with E-state index in [0.29, 0.717) is 17.4 Å². The van der Waals surface area contributed by atoms with Gasteiger partial charge in [-0.05, 0) is 56.5 Å². The number of amides is 1. The molecule has 1 aromatic rings. The Morgan fingerprint density at radius 2 is 2.13 bits per heavy atom. The minimum atomic E-state index is -0.172. The molecule has 1 amide bonds. The number of halogens is 2. The zero-order valence-electron chi connectivity index (χ0n) is 13.7. The first-order chi connectivity index (χ1) is 10.6. The smallest absolute Gasteiger partial charge is 0.220 e. The molecule has 2 N–H and O–H groups in total. The number of hydrogen-bond acceptors (Lipinski definition) is 3. The van der Waals surface area contributed by atoms with Gasteiger partial charge in [0, 0.05) is 18.6 Å². The minimum Gasteiger partial charge on any atom is -0.375 e. The summed E-state index contributed by atoms with van der Waals surface area (Å²) in [5.74, 6) is 0.728. The number of carbonyl (C=O) groups is 1. The fourth-order valence-corrected chi connectivity index (χ4v) is 3.11. The summed E-state index contributed by atoms with van der Waals surface area (Å²) in [6.07, 6.45) is 2.53. The van der Waals surface area contributed by atoms with Crippen LogP contribution in [0.1, 0.15) is 37.9 Å². The molecule has 3 unspecified atom stereocenters. The topological polar surface area (TPSA) is 50.4 Å². The standard InChI is InChI=1S/C17H25ClN2O2.ClH/c1-12(17(22-2)14-4-6-15(18)7-5-14)20-16(21)8-3-13-9-10-19-11-13;/h4-7,12-13,17,19H,3,8-11H2,1-2H3,(H,20,21);1H. The van der Waals surface area contributed by atoms with Crippen molar-refractivity contribution in [3.8, 4) is 0 Å². The Kier molecular flexibility index (Phi) is 8.92. The minimum absolute atomic E-state index is 0. The molecule has 0 bridgehead atoms. The molecule has 3 atom stereocenters. The van der Waals surface area contributed by atoms with Gasteiger partial charge >= 0.3 is 0 Å². The molecule has 23 heavy (non-hydrogen) atoms. The zero-order chi connectivity index (χ0) is 15.9. The lowest BCUT2D eigenvalue weighted by atomic mass is 10.0. The second kappa shape index (κ2) is 10.1. The van der Waals surface area contributed by atoms with E-state index in [9.17, 15) is 4.79 Å². The molecule has 6 heteroatoms. The third-order valence-corrected chi connectivity index (χ3v) is 4.49. The van der Waals surface area contributed by atoms with Crippen molar-refractivity contribution in [2.24, 2.45) is 5.92 Å². The SMILES string of the molecule is COC(c1ccc(Cl)cc1)C(C)NC(=O)CCC1CCNC1.Cl. The molecule has 1 saturated heterocycles. The number of ether oxygens (including phenoxy) is 1. The van der Waals surface area contributed by atoms with Gasteiger partial charge in [-0.15, -0.1) is 12.4 Å². The van der Waals surface area contributed by atoms with Crippen LogP contribution in [0.4, 0.5) is 0 Å². The molecule has 0 aliphatic carbocycles. The van der Waals surface area contributed by atoms with Crippen LogP contribution in [-0.4, -0.2) is 32.1 Å². The average Bonchev–Trinajstić information content (AvgIpc) is 3.01. The van der Waals surface area contributed by atoms with E-state index in [1.807, 2.05) is 31.2 Å². The average molecular weight is 361 g/mol. The summed E-state index contributed by atoms with van der Waals surface area (Å²) in [5.41, 5.74) is 1.01. The van der Waals surface area contributed by atoms with Crippen LogP contribution in [0.5, 0.6) is 0 Å². The summed E-state index contributed by atoms with van der Waals surface area (Å²) in [7, 11) is 1.66. The summed E-state index contributed by atoms with van der Waals surface area (Å²) >= 11 is 5.91. The molecule has 4 nitrogen and oxygen atoms in total. The number of methoxy groups -OCH3 is 1. The second-order valence-corrected chi connectivity index (χ2v) is 6.40. The first kappa shape index (κ1) is 20.2. The van der Waals surface area contributed by atoms with Crippen LogP contribution >= 0.6 is 24.0 Å². The number of hydrogen-bond donors (Lipinski definition) is 2. The monoisotopic (exact) mass is 360 g/mol. The van der Waals surface area contributed by atoms with Gasteiger partial charge < -0.3 is 15.4 Å². The molecular formula is C17H26Cl2N2O2. The lowest BCUT2D eigenvalue weighted by molar-refractivity contribution is -0.123. The van der Waals surface area contributed by atoms with E-state index in [1.54, 1.807) is 7.11 Å². The van der Waals surface area contributed by atoms with Gasteiger partial charge in [-0.25, -0.2) is 0 Å². The first-order valence-electron chi connectivity index (χ1n) is 7.88. The Morgan fingerprint density at radius 3 is 2.70 bits per heavy atom. The van der Waals surface area contributed by atoms with E-state index in [-0.39, 0.29) is 30.5 Å². The fraction of sp³-hybridized carbons (Fsp3) is 0.588. The summed E-state index contributed by atoms with van der Waals surface area (Å²) in [6.45, 7) is 4.08. The Hall–Kier alpha value is -0.810. The molecule has 0 radical (unpaired) electrons. The summed E-state index contributed by atoms with van der Waals surface area (Å²) in [5, 5.41) is 7.07. The van der Waals surface area contributed by atoms with E-state index in [4.69, 9.17) is 16.3 Å². The van der Waals surface area contributed by atoms with Crippen LogP contribution < -0.4 is 10.6 Å². The molecule has 1 aliphatic heterocycles. The van der Waals surface area contributed by atoms with Crippen molar-refractivity contribution < 1.29 is 9.53 Å². The van der Waals surface area contributed by atoms with Crippen LogP contribution in [0.2, 0.25) is 5.02 Å². The zero-order valence-corrected chi connectivity index (χ0v) is 15.3. The molecule has 1 heterocycles. The van der Waals surface area contributed by atoms with E-state index in [1.165, 1.54) is 6.42 Å². The lowest BCUT2D eigenvalue weighted by Gasteiger charge is -2.24. The number of benzene rings is 1. The van der Waals surface area contributed by atoms with Crippen LogP contribution in [0.25, 0.3) is 0 Å². The van der Waals surface area contributed by atoms with Crippen LogP contribution in [0, 0.1) is 5.92 Å². The van der Waals surface area contributed by atoms with Gasteiger partial charge in [0.2, 0.25) is 5.91 Å². The van der Waals surface area contributed by atoms with E-state index in [2.05, 4.69) is 10.6 Å². The number of carbonyl (C=O) groups excluding carboxylic acids is 1. The molecule has 0 aromatic heterocycles. The largest absolute Gasteiger partial charge is 0.375 e. The second-order valence-electron chi connectivity index (χ2n) is 5.96. The highest BCUT2D eigenvalue weighted by molar-refractivity contribution is 6.30. The van der Waals surface area contributed by atoms with Crippen LogP contribution in [0.15, 0.2) is 24.3 Å². The predicted molar refractivity (Wildman–Crippen MR) is 96.3 cm³/mol. The molecule has 1 aromatic carbocycles. The molecule has 1 aliphatic rings. The van der Waals surface area contributed by atoms with Crippen molar-refractivity contribution in [3.63, 3.8) is 0 Å². The summed E-state index contributed by atoms with van der Waals surface area (Å²) < 4.78 is 5.55. The Morgan fingerprint density at radius 1 is 1.43 bits per heavy atom. The Bertz CT molecular complexity index is 476. The van der Waals surface area contributed by atoms with Crippen molar-refractivity contribution >= 4 is 29.9 Å². The van der Waals surface area contributed by atoms with Crippen molar-refractivity contribution in [2.45, 2.75) is 38.3 Å². The van der Waals surface area contributed by atoms with E-state index in [0.717, 1.165) is 25.1 Å². The third kappa shape index (κ3) is 6.30. The van der Waals surface area contributed by atoms with Gasteiger partial charge in [-0.2, -0.15) is 0 Å². The van der Waals surface area contributed by atoms with E-state index < -0.39 is 0 Å². The molecular weight excluding hydrogens is 335 g/mol. The molecule has 0 spiro atoms. The van der Waals surface area contributed by atoms with Gasteiger partial charge in [0.1, 0.15) is 6.10 Å². The Balaban J connectivity index is 0.00000264. The van der Waals surface area contributed by atoms with Gasteiger partial charge in [0.15, 0.2) is 0 Å². The normalized spacial score (nSPS) is 19.7. The third-order valence-electron chi connectivity index (χ3n) is 4.24. The highest BCUT2D eigenvalue weighted by Gasteiger charge is 2.21. The highest BCUT2D eigenvalue weighted by atomic mass is 35.5. The van der Waals surface area contributed by atoms with E-state index >= 15 is 0 Å². The fourth-order valence-electron chi connectivity index (χ4n) is 2.98. The van der Waals surface area contributed by atoms with Crippen LogP contribution in [-0.2, 0) is 9.53 Å². The van der Waals surface area contributed by atoms with Crippen LogP contribution in [0.3, 0.4) is 0 Å². The Labute approximate surface area is 149 Å². The van der Waals surface area contributed by atoms with Gasteiger partial charge in [0.05, 0.1) is 6.04 Å². The first-order valence-corrected chi connectivity index (χ1v) is 8.26. The summed E-state index contributed by atoms with van der Waals surface area (Å²) in [4.78, 5) is 12.1. The van der Waals surface area contributed by atoms with Crippen molar-refractivity contribution in [1.82, 2.24) is 10.6 Å². The number of rotatable bonds is 7. The maximum atomic E-state index is 12.1. The predicted octanol–water partition coefficient (Wildman–Crippen LogP) is 3.34. The van der Waals surface area contributed by atoms with Crippen molar-refractivity contribution in [3.05, 3.63) is 34.9 Å². The quantitative estimate of drug-likeness (QED) is 0.783. The van der Waals surface area contributed by atoms with Crippen molar-refractivity contribution in [2.75, 3.05) is 20.2 Å².